The van der Waals surface area contributed by atoms with Crippen molar-refractivity contribution in [1.29, 1.82) is 0 Å². The summed E-state index contributed by atoms with van der Waals surface area (Å²) in [5.74, 6) is 0. The maximum atomic E-state index is 11.4. The Morgan fingerprint density at radius 2 is 2.00 bits per heavy atom. The summed E-state index contributed by atoms with van der Waals surface area (Å²) in [6.45, 7) is 2.43. The molecule has 0 aliphatic heterocycles. The number of benzene rings is 1. The molecule has 6 nitrogen and oxygen atoms in total. The summed E-state index contributed by atoms with van der Waals surface area (Å²) in [6.07, 6.45) is 0.796. The number of hydrogen-bond donors (Lipinski definition) is 3. The molecule has 0 atom stereocenters. The van der Waals surface area contributed by atoms with Gasteiger partial charge in [-0.3, -0.25) is 0 Å². The molecule has 1 aromatic rings. The van der Waals surface area contributed by atoms with E-state index in [1.165, 1.54) is 18.2 Å². The highest BCUT2D eigenvalue weighted by molar-refractivity contribution is 7.89. The summed E-state index contributed by atoms with van der Waals surface area (Å²) in [6, 6.07) is 5.51. The first kappa shape index (κ1) is 13.5. The van der Waals surface area contributed by atoms with E-state index in [4.69, 9.17) is 5.14 Å². The van der Waals surface area contributed by atoms with Gasteiger partial charge in [0.25, 0.3) is 0 Å². The number of carbonyl (C=O) groups excluding carboxylic acids is 1. The third-order valence-corrected chi connectivity index (χ3v) is 2.95. The second-order valence-electron chi connectivity index (χ2n) is 3.42. The fraction of sp³-hybridized carbons (Fsp3) is 0.300. The molecule has 0 fully saturated rings. The van der Waals surface area contributed by atoms with E-state index >= 15 is 0 Å². The van der Waals surface area contributed by atoms with E-state index in [2.05, 4.69) is 10.6 Å². The lowest BCUT2D eigenvalue weighted by molar-refractivity contribution is 0.252. The predicted molar refractivity (Wildman–Crippen MR) is 65.1 cm³/mol. The van der Waals surface area contributed by atoms with Crippen LogP contribution in [0.4, 0.5) is 10.5 Å². The molecule has 0 aliphatic carbocycles. The highest BCUT2D eigenvalue weighted by atomic mass is 32.2. The summed E-state index contributed by atoms with van der Waals surface area (Å²) < 4.78 is 22.5. The Balaban J connectivity index is 2.88. The standard InChI is InChI=1S/C10H15N3O3S/c1-2-7-12-10(14)13-8-5-3-4-6-9(8)17(11,15)16/h3-6H,2,7H2,1H3,(H2,11,15,16)(H2,12,13,14). The average Bonchev–Trinajstić information content (AvgIpc) is 2.25. The average molecular weight is 257 g/mol. The largest absolute Gasteiger partial charge is 0.338 e. The van der Waals surface area contributed by atoms with Gasteiger partial charge in [-0.1, -0.05) is 19.1 Å². The number of urea groups is 1. The van der Waals surface area contributed by atoms with E-state index in [-0.39, 0.29) is 10.6 Å². The van der Waals surface area contributed by atoms with Gasteiger partial charge in [-0.05, 0) is 18.6 Å². The molecule has 4 N–H and O–H groups in total. The lowest BCUT2D eigenvalue weighted by Gasteiger charge is -2.09. The Kier molecular flexibility index (Phi) is 4.47. The zero-order valence-electron chi connectivity index (χ0n) is 9.43. The van der Waals surface area contributed by atoms with Crippen LogP contribution in [0.25, 0.3) is 0 Å². The van der Waals surface area contributed by atoms with E-state index in [1.54, 1.807) is 6.07 Å². The fourth-order valence-corrected chi connectivity index (χ4v) is 1.92. The van der Waals surface area contributed by atoms with Crippen molar-refractivity contribution < 1.29 is 13.2 Å². The number of hydrogen-bond acceptors (Lipinski definition) is 3. The van der Waals surface area contributed by atoms with Crippen LogP contribution in [0.5, 0.6) is 0 Å². The van der Waals surface area contributed by atoms with E-state index in [0.717, 1.165) is 6.42 Å². The van der Waals surface area contributed by atoms with Crippen LogP contribution in [0.2, 0.25) is 0 Å². The third-order valence-electron chi connectivity index (χ3n) is 1.98. The highest BCUT2D eigenvalue weighted by Gasteiger charge is 2.14. The van der Waals surface area contributed by atoms with Crippen molar-refractivity contribution in [2.24, 2.45) is 5.14 Å². The third kappa shape index (κ3) is 4.04. The first-order valence-corrected chi connectivity index (χ1v) is 6.66. The molecular weight excluding hydrogens is 242 g/mol. The number of anilines is 1. The SMILES string of the molecule is CCCNC(=O)Nc1ccccc1S(N)(=O)=O. The Morgan fingerprint density at radius 1 is 1.35 bits per heavy atom. The molecule has 0 aromatic heterocycles. The Morgan fingerprint density at radius 3 is 2.59 bits per heavy atom. The van der Waals surface area contributed by atoms with Crippen LogP contribution < -0.4 is 15.8 Å². The number of carbonyl (C=O) groups is 1. The van der Waals surface area contributed by atoms with Gasteiger partial charge in [0.15, 0.2) is 0 Å². The maximum absolute atomic E-state index is 11.4. The molecule has 7 heteroatoms. The molecule has 0 heterocycles. The van der Waals surface area contributed by atoms with Gasteiger partial charge in [0.2, 0.25) is 10.0 Å². The summed E-state index contributed by atoms with van der Waals surface area (Å²) in [7, 11) is -3.84. The van der Waals surface area contributed by atoms with Gasteiger partial charge in [-0.15, -0.1) is 0 Å². The summed E-state index contributed by atoms with van der Waals surface area (Å²) in [5.41, 5.74) is 0.170. The van der Waals surface area contributed by atoms with Gasteiger partial charge in [0.1, 0.15) is 4.90 Å². The molecule has 2 amide bonds. The van der Waals surface area contributed by atoms with Crippen LogP contribution in [0.15, 0.2) is 29.2 Å². The maximum Gasteiger partial charge on any atom is 0.319 e. The molecule has 0 bridgehead atoms. The van der Waals surface area contributed by atoms with Crippen LogP contribution in [0, 0.1) is 0 Å². The second-order valence-corrected chi connectivity index (χ2v) is 4.95. The molecule has 0 saturated carbocycles. The highest BCUT2D eigenvalue weighted by Crippen LogP contribution is 2.18. The number of amides is 2. The van der Waals surface area contributed by atoms with E-state index in [0.29, 0.717) is 6.54 Å². The second kappa shape index (κ2) is 5.65. The van der Waals surface area contributed by atoms with E-state index < -0.39 is 16.1 Å². The molecule has 0 spiro atoms. The van der Waals surface area contributed by atoms with Gasteiger partial charge in [-0.25, -0.2) is 18.4 Å². The van der Waals surface area contributed by atoms with Gasteiger partial charge in [0.05, 0.1) is 5.69 Å². The molecule has 17 heavy (non-hydrogen) atoms. The molecule has 1 aromatic carbocycles. The lowest BCUT2D eigenvalue weighted by Crippen LogP contribution is -2.30. The van der Waals surface area contributed by atoms with Crippen LogP contribution in [-0.4, -0.2) is 21.0 Å². The van der Waals surface area contributed by atoms with Crippen molar-refractivity contribution in [2.45, 2.75) is 18.2 Å². The van der Waals surface area contributed by atoms with Crippen molar-refractivity contribution in [1.82, 2.24) is 5.32 Å². The fourth-order valence-electron chi connectivity index (χ4n) is 1.22. The summed E-state index contributed by atoms with van der Waals surface area (Å²) in [4.78, 5) is 11.3. The van der Waals surface area contributed by atoms with Gasteiger partial charge < -0.3 is 10.6 Å². The minimum atomic E-state index is -3.84. The molecule has 94 valence electrons. The molecule has 0 radical (unpaired) electrons. The van der Waals surface area contributed by atoms with Gasteiger partial charge in [0, 0.05) is 6.54 Å². The zero-order chi connectivity index (χ0) is 12.9. The summed E-state index contributed by atoms with van der Waals surface area (Å²) >= 11 is 0. The predicted octanol–water partition coefficient (Wildman–Crippen LogP) is 0.865. The minimum absolute atomic E-state index is 0.105. The Labute approximate surface area is 100 Å². The van der Waals surface area contributed by atoms with E-state index in [1.807, 2.05) is 6.92 Å². The first-order chi connectivity index (χ1) is 7.95. The molecule has 0 unspecified atom stereocenters. The zero-order valence-corrected chi connectivity index (χ0v) is 10.3. The van der Waals surface area contributed by atoms with Crippen molar-refractivity contribution in [3.63, 3.8) is 0 Å². The van der Waals surface area contributed by atoms with Crippen LogP contribution >= 0.6 is 0 Å². The molecule has 0 saturated heterocycles. The quantitative estimate of drug-likeness (QED) is 0.745. The minimum Gasteiger partial charge on any atom is -0.338 e. The topological polar surface area (TPSA) is 101 Å². The first-order valence-electron chi connectivity index (χ1n) is 5.12. The number of sulfonamides is 1. The number of nitrogens with one attached hydrogen (secondary N) is 2. The van der Waals surface area contributed by atoms with Crippen molar-refractivity contribution in [2.75, 3.05) is 11.9 Å². The Bertz CT molecular complexity index is 499. The van der Waals surface area contributed by atoms with Crippen LogP contribution in [0.3, 0.4) is 0 Å². The Hall–Kier alpha value is -1.60. The molecule has 1 rings (SSSR count). The number of primary sulfonamides is 1. The number of para-hydroxylation sites is 1. The molecule has 0 aliphatic rings. The van der Waals surface area contributed by atoms with Crippen LogP contribution in [-0.2, 0) is 10.0 Å². The monoisotopic (exact) mass is 257 g/mol. The van der Waals surface area contributed by atoms with Gasteiger partial charge >= 0.3 is 6.03 Å². The number of rotatable bonds is 4. The van der Waals surface area contributed by atoms with Crippen molar-refractivity contribution in [3.8, 4) is 0 Å². The lowest BCUT2D eigenvalue weighted by atomic mass is 10.3. The summed E-state index contributed by atoms with van der Waals surface area (Å²) in [5, 5.41) is 10.1. The van der Waals surface area contributed by atoms with Crippen molar-refractivity contribution in [3.05, 3.63) is 24.3 Å². The normalized spacial score (nSPS) is 10.9. The van der Waals surface area contributed by atoms with Crippen molar-refractivity contribution >= 4 is 21.7 Å². The number of nitrogens with two attached hydrogens (primary N) is 1. The van der Waals surface area contributed by atoms with Crippen LogP contribution in [0.1, 0.15) is 13.3 Å². The van der Waals surface area contributed by atoms with E-state index in [9.17, 15) is 13.2 Å². The molecular formula is C10H15N3O3S. The van der Waals surface area contributed by atoms with Gasteiger partial charge in [-0.2, -0.15) is 0 Å². The smallest absolute Gasteiger partial charge is 0.319 e.